The van der Waals surface area contributed by atoms with Crippen molar-refractivity contribution in [2.24, 2.45) is 11.8 Å². The van der Waals surface area contributed by atoms with Crippen molar-refractivity contribution in [1.29, 1.82) is 0 Å². The highest BCUT2D eigenvalue weighted by Crippen LogP contribution is 2.20. The van der Waals surface area contributed by atoms with Crippen LogP contribution in [0.15, 0.2) is 0 Å². The first kappa shape index (κ1) is 16.4. The number of alkyl halides is 1. The van der Waals surface area contributed by atoms with Gasteiger partial charge in [0, 0.05) is 12.8 Å². The SMILES string of the molecule is CC(C)CC(=O)C(CC(Cl)[N+](C)(C)C)C(=O)[O-]. The van der Waals surface area contributed by atoms with Crippen molar-refractivity contribution < 1.29 is 19.2 Å². The minimum atomic E-state index is -1.32. The Balaban J connectivity index is 4.66. The predicted molar refractivity (Wildman–Crippen MR) is 65.2 cm³/mol. The molecule has 4 nitrogen and oxygen atoms in total. The molecule has 0 N–H and O–H groups in total. The van der Waals surface area contributed by atoms with Crippen molar-refractivity contribution in [3.05, 3.63) is 0 Å². The van der Waals surface area contributed by atoms with Crippen LogP contribution in [0.3, 0.4) is 0 Å². The lowest BCUT2D eigenvalue weighted by Gasteiger charge is -2.32. The van der Waals surface area contributed by atoms with E-state index in [0.717, 1.165) is 0 Å². The topological polar surface area (TPSA) is 57.2 Å². The molecule has 100 valence electrons. The van der Waals surface area contributed by atoms with E-state index in [1.54, 1.807) is 0 Å². The number of quaternary nitrogens is 1. The van der Waals surface area contributed by atoms with Gasteiger partial charge in [0.1, 0.15) is 5.78 Å². The van der Waals surface area contributed by atoms with Crippen molar-refractivity contribution in [3.63, 3.8) is 0 Å². The number of ketones is 1. The molecular weight excluding hydrogens is 242 g/mol. The maximum Gasteiger partial charge on any atom is 0.165 e. The first-order valence-electron chi connectivity index (χ1n) is 5.74. The van der Waals surface area contributed by atoms with E-state index >= 15 is 0 Å². The lowest BCUT2D eigenvalue weighted by atomic mass is 9.93. The van der Waals surface area contributed by atoms with E-state index in [4.69, 9.17) is 11.6 Å². The molecule has 0 bridgehead atoms. The maximum absolute atomic E-state index is 11.8. The molecule has 0 aromatic heterocycles. The molecule has 0 radical (unpaired) electrons. The Morgan fingerprint density at radius 3 is 2.00 bits per heavy atom. The van der Waals surface area contributed by atoms with E-state index in [9.17, 15) is 14.7 Å². The molecule has 0 fully saturated rings. The average Bonchev–Trinajstić information content (AvgIpc) is 2.09. The van der Waals surface area contributed by atoms with E-state index in [-0.39, 0.29) is 24.5 Å². The molecule has 0 spiro atoms. The van der Waals surface area contributed by atoms with E-state index in [1.165, 1.54) is 0 Å². The van der Waals surface area contributed by atoms with Crippen LogP contribution >= 0.6 is 11.6 Å². The van der Waals surface area contributed by atoms with Crippen LogP contribution in [0, 0.1) is 11.8 Å². The van der Waals surface area contributed by atoms with Gasteiger partial charge in [0.25, 0.3) is 0 Å². The molecule has 0 rings (SSSR count). The Morgan fingerprint density at radius 1 is 1.24 bits per heavy atom. The predicted octanol–water partition coefficient (Wildman–Crippen LogP) is 0.629. The third kappa shape index (κ3) is 6.03. The zero-order valence-electron chi connectivity index (χ0n) is 11.2. The summed E-state index contributed by atoms with van der Waals surface area (Å²) in [6, 6.07) is 0. The molecule has 17 heavy (non-hydrogen) atoms. The van der Waals surface area contributed by atoms with Gasteiger partial charge in [-0.2, -0.15) is 0 Å². The van der Waals surface area contributed by atoms with Crippen molar-refractivity contribution in [1.82, 2.24) is 0 Å². The van der Waals surface area contributed by atoms with Gasteiger partial charge in [-0.25, -0.2) is 0 Å². The fraction of sp³-hybridized carbons (Fsp3) is 0.833. The fourth-order valence-electron chi connectivity index (χ4n) is 1.41. The highest BCUT2D eigenvalue weighted by molar-refractivity contribution is 6.20. The number of aliphatic carboxylic acids is 1. The van der Waals surface area contributed by atoms with Crippen LogP contribution in [0.4, 0.5) is 0 Å². The molecule has 0 saturated carbocycles. The Bertz CT molecular complexity index is 284. The van der Waals surface area contributed by atoms with E-state index in [2.05, 4.69) is 0 Å². The van der Waals surface area contributed by atoms with Crippen molar-refractivity contribution >= 4 is 23.4 Å². The minimum absolute atomic E-state index is 0.110. The first-order chi connectivity index (χ1) is 7.55. The summed E-state index contributed by atoms with van der Waals surface area (Å²) in [7, 11) is 5.57. The van der Waals surface area contributed by atoms with E-state index < -0.39 is 17.4 Å². The second kappa shape index (κ2) is 6.36. The Hall–Kier alpha value is -0.610. The maximum atomic E-state index is 11.8. The molecule has 0 aliphatic rings. The molecule has 0 saturated heterocycles. The van der Waals surface area contributed by atoms with Gasteiger partial charge in [-0.3, -0.25) is 4.79 Å². The monoisotopic (exact) mass is 263 g/mol. The summed E-state index contributed by atoms with van der Waals surface area (Å²) < 4.78 is 0.403. The molecule has 0 aliphatic heterocycles. The Morgan fingerprint density at radius 2 is 1.71 bits per heavy atom. The van der Waals surface area contributed by atoms with E-state index in [0.29, 0.717) is 4.48 Å². The molecular formula is C12H22ClNO3. The van der Waals surface area contributed by atoms with Crippen LogP contribution in [0.5, 0.6) is 0 Å². The van der Waals surface area contributed by atoms with Crippen LogP contribution in [0.25, 0.3) is 0 Å². The third-order valence-electron chi connectivity index (χ3n) is 2.55. The van der Waals surface area contributed by atoms with Gasteiger partial charge < -0.3 is 14.4 Å². The van der Waals surface area contributed by atoms with Crippen LogP contribution in [-0.2, 0) is 9.59 Å². The summed E-state index contributed by atoms with van der Waals surface area (Å²) in [5.41, 5.74) is -0.422. The van der Waals surface area contributed by atoms with Crippen molar-refractivity contribution in [2.45, 2.75) is 32.2 Å². The molecule has 2 atom stereocenters. The van der Waals surface area contributed by atoms with Gasteiger partial charge in [0.15, 0.2) is 5.50 Å². The lowest BCUT2D eigenvalue weighted by molar-refractivity contribution is -0.883. The second-order valence-electron chi connectivity index (χ2n) is 5.72. The van der Waals surface area contributed by atoms with Crippen LogP contribution in [-0.4, -0.2) is 42.9 Å². The zero-order chi connectivity index (χ0) is 13.8. The Kier molecular flexibility index (Phi) is 6.13. The zero-order valence-corrected chi connectivity index (χ0v) is 12.0. The summed E-state index contributed by atoms with van der Waals surface area (Å²) in [5.74, 6) is -2.58. The van der Waals surface area contributed by atoms with Crippen LogP contribution < -0.4 is 5.11 Å². The van der Waals surface area contributed by atoms with Gasteiger partial charge in [0.05, 0.1) is 33.0 Å². The summed E-state index contributed by atoms with van der Waals surface area (Å²) in [4.78, 5) is 22.8. The summed E-state index contributed by atoms with van der Waals surface area (Å²) in [5, 5.41) is 11.0. The fourth-order valence-corrected chi connectivity index (χ4v) is 1.59. The number of hydrogen-bond acceptors (Lipinski definition) is 3. The minimum Gasteiger partial charge on any atom is -0.549 e. The molecule has 2 unspecified atom stereocenters. The van der Waals surface area contributed by atoms with E-state index in [1.807, 2.05) is 35.0 Å². The lowest BCUT2D eigenvalue weighted by Crippen LogP contribution is -2.46. The number of carboxylic acids is 1. The Labute approximate surface area is 108 Å². The van der Waals surface area contributed by atoms with Gasteiger partial charge in [-0.05, 0) is 5.92 Å². The number of carbonyl (C=O) groups is 2. The number of carbonyl (C=O) groups excluding carboxylic acids is 2. The molecule has 5 heteroatoms. The molecule has 0 amide bonds. The van der Waals surface area contributed by atoms with Crippen LogP contribution in [0.2, 0.25) is 0 Å². The first-order valence-corrected chi connectivity index (χ1v) is 6.18. The van der Waals surface area contributed by atoms with Gasteiger partial charge in [0.2, 0.25) is 0 Å². The largest absolute Gasteiger partial charge is 0.549 e. The third-order valence-corrected chi connectivity index (χ3v) is 3.32. The highest BCUT2D eigenvalue weighted by Gasteiger charge is 2.29. The molecule has 0 heterocycles. The second-order valence-corrected chi connectivity index (χ2v) is 6.23. The van der Waals surface area contributed by atoms with Crippen molar-refractivity contribution in [2.75, 3.05) is 21.1 Å². The summed E-state index contributed by atoms with van der Waals surface area (Å²) in [6.45, 7) is 3.75. The molecule has 0 aromatic rings. The molecule has 0 aromatic carbocycles. The van der Waals surface area contributed by atoms with Crippen molar-refractivity contribution in [3.8, 4) is 0 Å². The van der Waals surface area contributed by atoms with Gasteiger partial charge >= 0.3 is 0 Å². The number of Topliss-reactive ketones (excluding diaryl/α,β-unsaturated/α-hetero) is 1. The summed E-state index contributed by atoms with van der Waals surface area (Å²) in [6.07, 6.45) is 0.359. The highest BCUT2D eigenvalue weighted by atomic mass is 35.5. The average molecular weight is 264 g/mol. The summed E-state index contributed by atoms with van der Waals surface area (Å²) >= 11 is 6.11. The molecule has 0 aliphatic carbocycles. The normalized spacial score (nSPS) is 15.7. The smallest absolute Gasteiger partial charge is 0.165 e. The number of carboxylic acid groups (broad SMARTS) is 1. The van der Waals surface area contributed by atoms with Gasteiger partial charge in [-0.15, -0.1) is 0 Å². The number of hydrogen-bond donors (Lipinski definition) is 0. The number of rotatable bonds is 7. The standard InChI is InChI=1S/C12H22ClNO3/c1-8(2)6-10(15)9(12(16)17)7-11(13)14(3,4)5/h8-9,11H,6-7H2,1-5H3. The number of halogens is 1. The quantitative estimate of drug-likeness (QED) is 0.293. The van der Waals surface area contributed by atoms with Gasteiger partial charge in [-0.1, -0.05) is 25.4 Å². The number of nitrogens with zero attached hydrogens (tertiary/aromatic N) is 1. The van der Waals surface area contributed by atoms with Crippen LogP contribution in [0.1, 0.15) is 26.7 Å².